The molecule has 0 unspecified atom stereocenters. The Hall–Kier alpha value is -1.44. The third-order valence-corrected chi connectivity index (χ3v) is 6.62. The molecule has 4 nitrogen and oxygen atoms in total. The molecule has 2 aromatic rings. The van der Waals surface area contributed by atoms with Crippen molar-refractivity contribution in [1.82, 2.24) is 5.32 Å². The van der Waals surface area contributed by atoms with E-state index in [1.54, 1.807) is 22.7 Å². The smallest absolute Gasteiger partial charge is 0.341 e. The molecule has 0 aromatic carbocycles. The van der Waals surface area contributed by atoms with Crippen molar-refractivity contribution >= 4 is 51.0 Å². The van der Waals surface area contributed by atoms with Crippen molar-refractivity contribution in [2.45, 2.75) is 45.1 Å². The van der Waals surface area contributed by atoms with Gasteiger partial charge in [0.15, 0.2) is 5.11 Å². The number of esters is 1. The Balaban J connectivity index is 1.78. The minimum atomic E-state index is -0.276. The minimum Gasteiger partial charge on any atom is -0.465 e. The standard InChI is InChI=1S/C18H22N2O2S3/c1-22-17(21)15-13-8-4-2-3-5-9-14(13)25-16(15)20-18(23)19-11-12-7-6-10-24-12/h6-7,10H,2-5,8-9,11H2,1H3,(H2,19,20,23). The molecule has 25 heavy (non-hydrogen) atoms. The number of methoxy groups -OCH3 is 1. The largest absolute Gasteiger partial charge is 0.465 e. The van der Waals surface area contributed by atoms with Crippen LogP contribution in [0.1, 0.15) is 51.4 Å². The van der Waals surface area contributed by atoms with E-state index in [0.717, 1.165) is 29.8 Å². The summed E-state index contributed by atoms with van der Waals surface area (Å²) in [6, 6.07) is 4.09. The number of hydrogen-bond acceptors (Lipinski definition) is 5. The molecule has 0 spiro atoms. The van der Waals surface area contributed by atoms with Crippen LogP contribution in [0.4, 0.5) is 5.00 Å². The van der Waals surface area contributed by atoms with Gasteiger partial charge in [0.05, 0.1) is 19.2 Å². The zero-order valence-electron chi connectivity index (χ0n) is 14.2. The number of fused-ring (bicyclic) bond motifs is 1. The van der Waals surface area contributed by atoms with Crippen molar-refractivity contribution in [2.75, 3.05) is 12.4 Å². The highest BCUT2D eigenvalue weighted by molar-refractivity contribution is 7.80. The van der Waals surface area contributed by atoms with Crippen LogP contribution in [0.25, 0.3) is 0 Å². The van der Waals surface area contributed by atoms with Crippen LogP contribution in [-0.2, 0) is 24.1 Å². The molecule has 0 saturated carbocycles. The number of thiophene rings is 2. The Morgan fingerprint density at radius 3 is 2.80 bits per heavy atom. The van der Waals surface area contributed by atoms with Gasteiger partial charge in [0.25, 0.3) is 0 Å². The first kappa shape index (κ1) is 18.4. The molecular weight excluding hydrogens is 372 g/mol. The summed E-state index contributed by atoms with van der Waals surface area (Å²) in [5.74, 6) is -0.276. The van der Waals surface area contributed by atoms with Crippen LogP contribution < -0.4 is 10.6 Å². The van der Waals surface area contributed by atoms with Crippen molar-refractivity contribution < 1.29 is 9.53 Å². The summed E-state index contributed by atoms with van der Waals surface area (Å²) in [6.45, 7) is 0.683. The van der Waals surface area contributed by atoms with Gasteiger partial charge in [-0.25, -0.2) is 4.79 Å². The van der Waals surface area contributed by atoms with E-state index in [1.165, 1.54) is 36.1 Å². The predicted octanol–water partition coefficient (Wildman–Crippen LogP) is 4.74. The molecule has 0 amide bonds. The summed E-state index contributed by atoms with van der Waals surface area (Å²) in [5.41, 5.74) is 1.82. The first-order valence-corrected chi connectivity index (χ1v) is 10.6. The summed E-state index contributed by atoms with van der Waals surface area (Å²) in [7, 11) is 1.44. The van der Waals surface area contributed by atoms with Crippen LogP contribution in [0, 0.1) is 0 Å². The number of anilines is 1. The fourth-order valence-electron chi connectivity index (χ4n) is 3.05. The van der Waals surface area contributed by atoms with Crippen LogP contribution >= 0.6 is 34.9 Å². The Bertz CT molecular complexity index is 738. The molecule has 0 saturated heterocycles. The number of carbonyl (C=O) groups is 1. The first-order valence-electron chi connectivity index (χ1n) is 8.49. The number of thiocarbonyl (C=S) groups is 1. The zero-order valence-corrected chi connectivity index (χ0v) is 16.7. The molecule has 0 aliphatic heterocycles. The van der Waals surface area contributed by atoms with E-state index in [-0.39, 0.29) is 5.97 Å². The van der Waals surface area contributed by atoms with Gasteiger partial charge in [-0.3, -0.25) is 0 Å². The van der Waals surface area contributed by atoms with Crippen molar-refractivity contribution in [1.29, 1.82) is 0 Å². The van der Waals surface area contributed by atoms with Gasteiger partial charge in [-0.2, -0.15) is 0 Å². The molecule has 0 bridgehead atoms. The van der Waals surface area contributed by atoms with Crippen molar-refractivity contribution in [3.63, 3.8) is 0 Å². The predicted molar refractivity (Wildman–Crippen MR) is 109 cm³/mol. The van der Waals surface area contributed by atoms with Gasteiger partial charge in [-0.15, -0.1) is 22.7 Å². The monoisotopic (exact) mass is 394 g/mol. The lowest BCUT2D eigenvalue weighted by molar-refractivity contribution is 0.0601. The van der Waals surface area contributed by atoms with Crippen LogP contribution in [0.3, 0.4) is 0 Å². The molecule has 1 aliphatic rings. The maximum atomic E-state index is 12.4. The number of aryl methyl sites for hydroxylation is 1. The van der Waals surface area contributed by atoms with E-state index in [2.05, 4.69) is 16.7 Å². The van der Waals surface area contributed by atoms with Gasteiger partial charge in [0.1, 0.15) is 5.00 Å². The third-order valence-electron chi connectivity index (χ3n) is 4.29. The van der Waals surface area contributed by atoms with Crippen LogP contribution in [0.15, 0.2) is 17.5 Å². The molecule has 0 fully saturated rings. The number of ether oxygens (including phenoxy) is 1. The Morgan fingerprint density at radius 2 is 2.08 bits per heavy atom. The van der Waals surface area contributed by atoms with Crippen molar-refractivity contribution in [3.05, 3.63) is 38.4 Å². The van der Waals surface area contributed by atoms with E-state index < -0.39 is 0 Å². The van der Waals surface area contributed by atoms with E-state index in [1.807, 2.05) is 11.4 Å². The average Bonchev–Trinajstić information content (AvgIpc) is 3.21. The van der Waals surface area contributed by atoms with E-state index >= 15 is 0 Å². The summed E-state index contributed by atoms with van der Waals surface area (Å²) in [4.78, 5) is 14.9. The van der Waals surface area contributed by atoms with E-state index in [9.17, 15) is 4.79 Å². The summed E-state index contributed by atoms with van der Waals surface area (Å²) in [5, 5.41) is 9.82. The fraction of sp³-hybridized carbons (Fsp3) is 0.444. The molecule has 2 heterocycles. The van der Waals surface area contributed by atoms with Crippen LogP contribution in [0.5, 0.6) is 0 Å². The highest BCUT2D eigenvalue weighted by Crippen LogP contribution is 2.37. The normalized spacial score (nSPS) is 14.1. The Morgan fingerprint density at radius 1 is 1.28 bits per heavy atom. The minimum absolute atomic E-state index is 0.276. The molecule has 7 heteroatoms. The molecule has 3 rings (SSSR count). The molecule has 2 aromatic heterocycles. The van der Waals surface area contributed by atoms with Crippen LogP contribution in [0.2, 0.25) is 0 Å². The summed E-state index contributed by atoms with van der Waals surface area (Å²) < 4.78 is 5.04. The fourth-order valence-corrected chi connectivity index (χ4v) is 5.22. The summed E-state index contributed by atoms with van der Waals surface area (Å²) >= 11 is 8.75. The van der Waals surface area contributed by atoms with E-state index in [0.29, 0.717) is 17.2 Å². The van der Waals surface area contributed by atoms with Crippen LogP contribution in [-0.4, -0.2) is 18.2 Å². The second-order valence-corrected chi connectivity index (χ2v) is 8.55. The van der Waals surface area contributed by atoms with Crippen molar-refractivity contribution in [2.24, 2.45) is 0 Å². The second kappa shape index (κ2) is 8.78. The number of rotatable bonds is 4. The number of nitrogens with one attached hydrogen (secondary N) is 2. The molecule has 1 aliphatic carbocycles. The first-order chi connectivity index (χ1) is 12.2. The number of carbonyl (C=O) groups excluding carboxylic acids is 1. The second-order valence-electron chi connectivity index (χ2n) is 6.00. The molecular formula is C18H22N2O2S3. The molecule has 2 N–H and O–H groups in total. The lowest BCUT2D eigenvalue weighted by atomic mass is 9.96. The van der Waals surface area contributed by atoms with Crippen molar-refractivity contribution in [3.8, 4) is 0 Å². The third kappa shape index (κ3) is 4.59. The van der Waals surface area contributed by atoms with Gasteiger partial charge in [0.2, 0.25) is 0 Å². The highest BCUT2D eigenvalue weighted by atomic mass is 32.1. The van der Waals surface area contributed by atoms with Gasteiger partial charge in [-0.05, 0) is 54.9 Å². The van der Waals surface area contributed by atoms with Gasteiger partial charge in [-0.1, -0.05) is 18.9 Å². The molecule has 0 atom stereocenters. The van der Waals surface area contributed by atoms with Gasteiger partial charge < -0.3 is 15.4 Å². The topological polar surface area (TPSA) is 50.4 Å². The Kier molecular flexibility index (Phi) is 6.45. The van der Waals surface area contributed by atoms with E-state index in [4.69, 9.17) is 17.0 Å². The quantitative estimate of drug-likeness (QED) is 0.579. The number of hydrogen-bond donors (Lipinski definition) is 2. The summed E-state index contributed by atoms with van der Waals surface area (Å²) in [6.07, 6.45) is 6.74. The highest BCUT2D eigenvalue weighted by Gasteiger charge is 2.25. The van der Waals surface area contributed by atoms with Gasteiger partial charge >= 0.3 is 5.97 Å². The molecule has 134 valence electrons. The average molecular weight is 395 g/mol. The molecule has 0 radical (unpaired) electrons. The zero-order chi connectivity index (χ0) is 17.6. The maximum Gasteiger partial charge on any atom is 0.341 e. The maximum absolute atomic E-state index is 12.4. The lowest BCUT2D eigenvalue weighted by Gasteiger charge is -2.11. The lowest BCUT2D eigenvalue weighted by Crippen LogP contribution is -2.28. The Labute approximate surface area is 161 Å². The van der Waals surface area contributed by atoms with Gasteiger partial charge in [0, 0.05) is 9.75 Å². The SMILES string of the molecule is COC(=O)c1c(NC(=S)NCc2cccs2)sc2c1CCCCCC2.